The van der Waals surface area contributed by atoms with E-state index in [1.165, 1.54) is 5.56 Å². The molecule has 1 fully saturated rings. The van der Waals surface area contributed by atoms with Crippen LogP contribution in [0.1, 0.15) is 30.4 Å². The van der Waals surface area contributed by atoms with Gasteiger partial charge in [0, 0.05) is 18.1 Å². The molecule has 0 aliphatic carbocycles. The van der Waals surface area contributed by atoms with Gasteiger partial charge >= 0.3 is 5.97 Å². The maximum Gasteiger partial charge on any atom is 0.308 e. The number of carboxylic acids is 1. The number of methoxy groups -OCH3 is 1. The largest absolute Gasteiger partial charge is 0.497 e. The highest BCUT2D eigenvalue weighted by Crippen LogP contribution is 2.29. The third-order valence-corrected chi connectivity index (χ3v) is 6.66. The monoisotopic (exact) mass is 444 g/mol. The van der Waals surface area contributed by atoms with E-state index < -0.39 is 5.97 Å². The number of nitrogens with zero attached hydrogens (tertiary/aromatic N) is 2. The number of benzene rings is 2. The van der Waals surface area contributed by atoms with Gasteiger partial charge in [-0.3, -0.25) is 9.78 Å². The van der Waals surface area contributed by atoms with Crippen LogP contribution in [0.4, 0.5) is 0 Å². The van der Waals surface area contributed by atoms with Crippen molar-refractivity contribution in [1.29, 1.82) is 0 Å². The van der Waals surface area contributed by atoms with E-state index in [4.69, 9.17) is 4.74 Å². The van der Waals surface area contributed by atoms with Crippen molar-refractivity contribution in [1.82, 2.24) is 9.88 Å². The lowest BCUT2D eigenvalue weighted by Crippen LogP contribution is -2.44. The highest BCUT2D eigenvalue weighted by Gasteiger charge is 2.33. The summed E-state index contributed by atoms with van der Waals surface area (Å²) in [5.74, 6) is -0.0443. The lowest BCUT2D eigenvalue weighted by atomic mass is 9.83. The molecule has 0 unspecified atom stereocenters. The second-order valence-corrected chi connectivity index (χ2v) is 8.80. The fraction of sp³-hybridized carbons (Fsp3) is 0.357. The molecule has 0 spiro atoms. The van der Waals surface area contributed by atoms with Crippen LogP contribution in [-0.2, 0) is 11.2 Å². The van der Waals surface area contributed by atoms with Gasteiger partial charge in [0.25, 0.3) is 0 Å². The van der Waals surface area contributed by atoms with Gasteiger partial charge in [0.2, 0.25) is 0 Å². The number of rotatable bonds is 9. The van der Waals surface area contributed by atoms with Gasteiger partial charge in [0.1, 0.15) is 5.75 Å². The van der Waals surface area contributed by atoms with Gasteiger partial charge in [0.15, 0.2) is 0 Å². The van der Waals surface area contributed by atoms with Gasteiger partial charge < -0.3 is 14.7 Å². The molecule has 172 valence electrons. The van der Waals surface area contributed by atoms with E-state index in [1.54, 1.807) is 7.11 Å². The number of piperidine rings is 1. The summed E-state index contributed by atoms with van der Waals surface area (Å²) in [5, 5.41) is 10.9. The molecule has 0 bridgehead atoms. The van der Waals surface area contributed by atoms with Crippen molar-refractivity contribution < 1.29 is 14.6 Å². The summed E-state index contributed by atoms with van der Waals surface area (Å²) in [5.41, 5.74) is 3.34. The van der Waals surface area contributed by atoms with Gasteiger partial charge in [-0.25, -0.2) is 0 Å². The van der Waals surface area contributed by atoms with E-state index in [2.05, 4.69) is 46.3 Å². The predicted octanol–water partition coefficient (Wildman–Crippen LogP) is 5.30. The summed E-state index contributed by atoms with van der Waals surface area (Å²) < 4.78 is 5.36. The molecule has 1 aromatic heterocycles. The Morgan fingerprint density at radius 2 is 2.06 bits per heavy atom. The summed E-state index contributed by atoms with van der Waals surface area (Å²) in [6, 6.07) is 18.3. The minimum absolute atomic E-state index is 0.159. The summed E-state index contributed by atoms with van der Waals surface area (Å²) in [4.78, 5) is 18.8. The number of hydrogen-bond acceptors (Lipinski definition) is 4. The van der Waals surface area contributed by atoms with Crippen molar-refractivity contribution in [3.63, 3.8) is 0 Å². The van der Waals surface area contributed by atoms with E-state index in [1.807, 2.05) is 36.5 Å². The highest BCUT2D eigenvalue weighted by atomic mass is 16.5. The summed E-state index contributed by atoms with van der Waals surface area (Å²) in [6.07, 6.45) is 9.79. The lowest BCUT2D eigenvalue weighted by Gasteiger charge is -2.36. The molecule has 33 heavy (non-hydrogen) atoms. The summed E-state index contributed by atoms with van der Waals surface area (Å²) in [7, 11) is 1.66. The molecule has 0 saturated carbocycles. The Bertz CT molecular complexity index is 1100. The number of allylic oxidation sites excluding steroid dienone is 1. The van der Waals surface area contributed by atoms with Crippen molar-refractivity contribution >= 4 is 22.9 Å². The normalized spacial score (nSPS) is 19.2. The molecule has 1 aliphatic rings. The van der Waals surface area contributed by atoms with Crippen LogP contribution in [0.3, 0.4) is 0 Å². The van der Waals surface area contributed by atoms with Crippen LogP contribution in [0.25, 0.3) is 17.0 Å². The molecule has 2 atom stereocenters. The van der Waals surface area contributed by atoms with Gasteiger partial charge in [-0.2, -0.15) is 0 Å². The van der Waals surface area contributed by atoms with Crippen LogP contribution in [-0.4, -0.2) is 47.7 Å². The first-order valence-corrected chi connectivity index (χ1v) is 11.7. The molecule has 0 amide bonds. The standard InChI is InChI=1S/C28H32N2O3/c1-33-24-12-13-27-25(19-24)22(14-16-29-27)10-5-11-23-15-18-30(20-26(23)28(31)32)17-6-9-21-7-3-2-4-8-21/h2-5,7-8,10,12-14,16,19,23,26H,6,9,11,15,17-18,20H2,1H3,(H,31,32)/t23-,26+/m1/s1. The number of aliphatic carboxylic acids is 1. The predicted molar refractivity (Wildman–Crippen MR) is 132 cm³/mol. The Morgan fingerprint density at radius 1 is 1.21 bits per heavy atom. The molecule has 4 rings (SSSR count). The first kappa shape index (κ1) is 23.0. The number of aromatic nitrogens is 1. The zero-order valence-corrected chi connectivity index (χ0v) is 19.2. The smallest absolute Gasteiger partial charge is 0.308 e. The Kier molecular flexibility index (Phi) is 7.74. The van der Waals surface area contributed by atoms with Gasteiger partial charge in [0.05, 0.1) is 18.5 Å². The number of aryl methyl sites for hydroxylation is 1. The zero-order valence-electron chi connectivity index (χ0n) is 19.2. The van der Waals surface area contributed by atoms with Crippen molar-refractivity contribution in [2.75, 3.05) is 26.7 Å². The van der Waals surface area contributed by atoms with Crippen molar-refractivity contribution in [3.8, 4) is 5.75 Å². The number of pyridine rings is 1. The van der Waals surface area contributed by atoms with Crippen LogP contribution >= 0.6 is 0 Å². The Balaban J connectivity index is 1.35. The molecular formula is C28H32N2O3. The fourth-order valence-electron chi connectivity index (χ4n) is 4.77. The fourth-order valence-corrected chi connectivity index (χ4v) is 4.77. The molecule has 2 heterocycles. The maximum atomic E-state index is 12.0. The van der Waals surface area contributed by atoms with Gasteiger partial charge in [-0.05, 0) is 80.1 Å². The molecule has 1 N–H and O–H groups in total. The molecule has 3 aromatic rings. The molecule has 1 saturated heterocycles. The van der Waals surface area contributed by atoms with Crippen LogP contribution < -0.4 is 4.74 Å². The number of carboxylic acid groups (broad SMARTS) is 1. The first-order valence-electron chi connectivity index (χ1n) is 11.7. The Morgan fingerprint density at radius 3 is 2.85 bits per heavy atom. The van der Waals surface area contributed by atoms with E-state index in [9.17, 15) is 9.90 Å². The molecule has 5 heteroatoms. The molecule has 5 nitrogen and oxygen atoms in total. The van der Waals surface area contributed by atoms with E-state index in [0.717, 1.165) is 61.0 Å². The quantitative estimate of drug-likeness (QED) is 0.485. The van der Waals surface area contributed by atoms with E-state index in [0.29, 0.717) is 6.54 Å². The number of ether oxygens (including phenoxy) is 1. The zero-order chi connectivity index (χ0) is 23.0. The van der Waals surface area contributed by atoms with Crippen LogP contribution in [0.5, 0.6) is 5.75 Å². The van der Waals surface area contributed by atoms with E-state index >= 15 is 0 Å². The topological polar surface area (TPSA) is 62.7 Å². The number of likely N-dealkylation sites (tertiary alicyclic amines) is 1. The van der Waals surface area contributed by atoms with Crippen LogP contribution in [0.15, 0.2) is 66.9 Å². The minimum atomic E-state index is -0.680. The third kappa shape index (κ3) is 5.99. The van der Waals surface area contributed by atoms with Gasteiger partial charge in [-0.1, -0.05) is 42.5 Å². The molecular weight excluding hydrogens is 412 g/mol. The highest BCUT2D eigenvalue weighted by molar-refractivity contribution is 5.88. The Hall–Kier alpha value is -3.18. The number of hydrogen-bond donors (Lipinski definition) is 1. The van der Waals surface area contributed by atoms with Crippen molar-refractivity contribution in [2.24, 2.45) is 11.8 Å². The average Bonchev–Trinajstić information content (AvgIpc) is 2.85. The second kappa shape index (κ2) is 11.1. The Labute approximate surface area is 195 Å². The van der Waals surface area contributed by atoms with Gasteiger partial charge in [-0.15, -0.1) is 0 Å². The van der Waals surface area contributed by atoms with Crippen molar-refractivity contribution in [2.45, 2.75) is 25.7 Å². The molecule has 1 aliphatic heterocycles. The number of fused-ring (bicyclic) bond motifs is 1. The first-order chi connectivity index (χ1) is 16.1. The minimum Gasteiger partial charge on any atom is -0.497 e. The average molecular weight is 445 g/mol. The van der Waals surface area contributed by atoms with Crippen LogP contribution in [0, 0.1) is 11.8 Å². The van der Waals surface area contributed by atoms with E-state index in [-0.39, 0.29) is 11.8 Å². The molecule has 0 radical (unpaired) electrons. The van der Waals surface area contributed by atoms with Crippen molar-refractivity contribution in [3.05, 3.63) is 78.0 Å². The number of carbonyl (C=O) groups is 1. The summed E-state index contributed by atoms with van der Waals surface area (Å²) in [6.45, 7) is 2.55. The second-order valence-electron chi connectivity index (χ2n) is 8.80. The summed E-state index contributed by atoms with van der Waals surface area (Å²) >= 11 is 0. The SMILES string of the molecule is COc1ccc2nccc(C=CC[C@@H]3CCN(CCCc4ccccc4)C[C@@H]3C(=O)O)c2c1. The van der Waals surface area contributed by atoms with Crippen LogP contribution in [0.2, 0.25) is 0 Å². The molecule has 2 aromatic carbocycles. The lowest BCUT2D eigenvalue weighted by molar-refractivity contribution is -0.146. The third-order valence-electron chi connectivity index (χ3n) is 6.66. The maximum absolute atomic E-state index is 12.0.